The highest BCUT2D eigenvalue weighted by molar-refractivity contribution is 6.31. The molecule has 0 aromatic heterocycles. The van der Waals surface area contributed by atoms with Crippen LogP contribution in [0.15, 0.2) is 24.3 Å². The molecule has 0 amide bonds. The van der Waals surface area contributed by atoms with Crippen LogP contribution in [0.3, 0.4) is 0 Å². The Morgan fingerprint density at radius 1 is 1.56 bits per heavy atom. The van der Waals surface area contributed by atoms with Crippen molar-refractivity contribution < 1.29 is 14.6 Å². The number of carboxylic acid groups (broad SMARTS) is 1. The first-order chi connectivity index (χ1) is 8.45. The van der Waals surface area contributed by atoms with Gasteiger partial charge < -0.3 is 14.7 Å². The standard InChI is InChI=1S/C13H16ClNO3/c1-9-7-12(18-3)11(8-10(9)14)15(2)6-4-5-13(16)17/h4-5,7-8H,6H2,1-3H3,(H,16,17)/b5-4+. The molecule has 0 atom stereocenters. The average molecular weight is 270 g/mol. The van der Waals surface area contributed by atoms with Gasteiger partial charge in [-0.05, 0) is 24.6 Å². The minimum Gasteiger partial charge on any atom is -0.495 e. The maximum atomic E-state index is 10.4. The van der Waals surface area contributed by atoms with Crippen LogP contribution in [-0.4, -0.2) is 31.8 Å². The van der Waals surface area contributed by atoms with Gasteiger partial charge >= 0.3 is 5.97 Å². The number of anilines is 1. The van der Waals surface area contributed by atoms with Gasteiger partial charge in [0.2, 0.25) is 0 Å². The van der Waals surface area contributed by atoms with E-state index >= 15 is 0 Å². The Bertz CT molecular complexity index is 472. The van der Waals surface area contributed by atoms with E-state index in [2.05, 4.69) is 0 Å². The Balaban J connectivity index is 2.94. The summed E-state index contributed by atoms with van der Waals surface area (Å²) in [7, 11) is 3.43. The Morgan fingerprint density at radius 3 is 2.78 bits per heavy atom. The summed E-state index contributed by atoms with van der Waals surface area (Å²) in [6.07, 6.45) is 2.67. The third kappa shape index (κ3) is 3.67. The molecule has 0 fully saturated rings. The van der Waals surface area contributed by atoms with Gasteiger partial charge in [-0.2, -0.15) is 0 Å². The Morgan fingerprint density at radius 2 is 2.22 bits per heavy atom. The molecule has 5 heteroatoms. The lowest BCUT2D eigenvalue weighted by Gasteiger charge is -2.21. The zero-order valence-electron chi connectivity index (χ0n) is 10.6. The van der Waals surface area contributed by atoms with Crippen LogP contribution in [-0.2, 0) is 4.79 Å². The molecule has 1 aromatic rings. The van der Waals surface area contributed by atoms with Gasteiger partial charge in [-0.25, -0.2) is 4.79 Å². The van der Waals surface area contributed by atoms with Crippen LogP contribution < -0.4 is 9.64 Å². The first-order valence-corrected chi connectivity index (χ1v) is 5.78. The smallest absolute Gasteiger partial charge is 0.328 e. The van der Waals surface area contributed by atoms with Gasteiger partial charge in [-0.1, -0.05) is 17.7 Å². The molecule has 1 aromatic carbocycles. The van der Waals surface area contributed by atoms with E-state index in [0.717, 1.165) is 17.3 Å². The lowest BCUT2D eigenvalue weighted by molar-refractivity contribution is -0.131. The molecule has 0 aliphatic heterocycles. The summed E-state index contributed by atoms with van der Waals surface area (Å²) in [4.78, 5) is 12.3. The Hall–Kier alpha value is -1.68. The van der Waals surface area contributed by atoms with Crippen LogP contribution in [0.4, 0.5) is 5.69 Å². The summed E-state index contributed by atoms with van der Waals surface area (Å²) in [5.74, 6) is -0.250. The van der Waals surface area contributed by atoms with Crippen LogP contribution in [0.25, 0.3) is 0 Å². The summed E-state index contributed by atoms with van der Waals surface area (Å²) < 4.78 is 5.29. The number of carbonyl (C=O) groups is 1. The van der Waals surface area contributed by atoms with Crippen LogP contribution >= 0.6 is 11.6 Å². The Labute approximate surface area is 111 Å². The van der Waals surface area contributed by atoms with E-state index in [1.165, 1.54) is 0 Å². The fourth-order valence-corrected chi connectivity index (χ4v) is 1.67. The van der Waals surface area contributed by atoms with Crippen molar-refractivity contribution in [3.63, 3.8) is 0 Å². The number of hydrogen-bond acceptors (Lipinski definition) is 3. The highest BCUT2D eigenvalue weighted by atomic mass is 35.5. The number of rotatable bonds is 5. The largest absolute Gasteiger partial charge is 0.495 e. The molecule has 1 N–H and O–H groups in total. The maximum absolute atomic E-state index is 10.4. The SMILES string of the molecule is COc1cc(C)c(Cl)cc1N(C)C/C=C/C(=O)O. The molecule has 0 spiro atoms. The van der Waals surface area contributed by atoms with E-state index in [1.807, 2.05) is 31.0 Å². The summed E-state index contributed by atoms with van der Waals surface area (Å²) >= 11 is 6.08. The van der Waals surface area contributed by atoms with E-state index in [0.29, 0.717) is 17.3 Å². The second-order valence-electron chi connectivity index (χ2n) is 3.89. The number of benzene rings is 1. The van der Waals surface area contributed by atoms with Crippen LogP contribution in [0.5, 0.6) is 5.75 Å². The van der Waals surface area contributed by atoms with Gasteiger partial charge in [-0.15, -0.1) is 0 Å². The fraction of sp³-hybridized carbons (Fsp3) is 0.308. The second-order valence-corrected chi connectivity index (χ2v) is 4.30. The van der Waals surface area contributed by atoms with Crippen LogP contribution in [0, 0.1) is 6.92 Å². The van der Waals surface area contributed by atoms with Crippen molar-refractivity contribution >= 4 is 23.3 Å². The number of methoxy groups -OCH3 is 1. The van der Waals surface area contributed by atoms with E-state index in [1.54, 1.807) is 13.2 Å². The molecular weight excluding hydrogens is 254 g/mol. The normalized spacial score (nSPS) is 10.7. The number of halogens is 1. The van der Waals surface area contributed by atoms with Crippen molar-refractivity contribution in [1.29, 1.82) is 0 Å². The molecule has 18 heavy (non-hydrogen) atoms. The molecule has 98 valence electrons. The van der Waals surface area contributed by atoms with E-state index < -0.39 is 5.97 Å². The molecule has 0 saturated carbocycles. The number of ether oxygens (including phenoxy) is 1. The van der Waals surface area contributed by atoms with Crippen molar-refractivity contribution in [2.45, 2.75) is 6.92 Å². The van der Waals surface area contributed by atoms with E-state index in [4.69, 9.17) is 21.4 Å². The van der Waals surface area contributed by atoms with Gasteiger partial charge in [0.1, 0.15) is 5.75 Å². The maximum Gasteiger partial charge on any atom is 0.328 e. The van der Waals surface area contributed by atoms with Crippen LogP contribution in [0.1, 0.15) is 5.56 Å². The van der Waals surface area contributed by atoms with E-state index in [-0.39, 0.29) is 0 Å². The van der Waals surface area contributed by atoms with Crippen molar-refractivity contribution in [3.8, 4) is 5.75 Å². The molecular formula is C13H16ClNO3. The lowest BCUT2D eigenvalue weighted by Crippen LogP contribution is -2.18. The van der Waals surface area contributed by atoms with Crippen molar-refractivity contribution in [2.75, 3.05) is 25.6 Å². The number of aryl methyl sites for hydroxylation is 1. The molecule has 0 aliphatic rings. The molecule has 0 radical (unpaired) electrons. The van der Waals surface area contributed by atoms with Crippen LogP contribution in [0.2, 0.25) is 5.02 Å². The van der Waals surface area contributed by atoms with Crippen molar-refractivity contribution in [2.24, 2.45) is 0 Å². The fourth-order valence-electron chi connectivity index (χ4n) is 1.52. The zero-order valence-corrected chi connectivity index (χ0v) is 11.4. The first-order valence-electron chi connectivity index (χ1n) is 5.40. The number of nitrogens with zero attached hydrogens (tertiary/aromatic N) is 1. The highest BCUT2D eigenvalue weighted by Crippen LogP contribution is 2.33. The van der Waals surface area contributed by atoms with Gasteiger partial charge in [0.25, 0.3) is 0 Å². The number of hydrogen-bond donors (Lipinski definition) is 1. The topological polar surface area (TPSA) is 49.8 Å². The quantitative estimate of drug-likeness (QED) is 0.835. The molecule has 0 aliphatic carbocycles. The molecule has 0 heterocycles. The summed E-state index contributed by atoms with van der Waals surface area (Å²) in [6.45, 7) is 2.36. The van der Waals surface area contributed by atoms with Crippen molar-refractivity contribution in [1.82, 2.24) is 0 Å². The Kier molecular flexibility index (Phi) is 5.04. The zero-order chi connectivity index (χ0) is 13.7. The highest BCUT2D eigenvalue weighted by Gasteiger charge is 2.10. The first kappa shape index (κ1) is 14.4. The molecule has 1 rings (SSSR count). The number of aliphatic carboxylic acids is 1. The summed E-state index contributed by atoms with van der Waals surface area (Å²) in [6, 6.07) is 3.67. The minimum absolute atomic E-state index is 0.460. The molecule has 4 nitrogen and oxygen atoms in total. The monoisotopic (exact) mass is 269 g/mol. The second kappa shape index (κ2) is 6.31. The van der Waals surface area contributed by atoms with Gasteiger partial charge in [0, 0.05) is 24.7 Å². The lowest BCUT2D eigenvalue weighted by atomic mass is 10.2. The number of carboxylic acids is 1. The van der Waals surface area contributed by atoms with Gasteiger partial charge in [0.15, 0.2) is 0 Å². The number of likely N-dealkylation sites (N-methyl/N-ethyl adjacent to an activating group) is 1. The molecule has 0 unspecified atom stereocenters. The van der Waals surface area contributed by atoms with Gasteiger partial charge in [0.05, 0.1) is 12.8 Å². The minimum atomic E-state index is -0.961. The van der Waals surface area contributed by atoms with Gasteiger partial charge in [-0.3, -0.25) is 0 Å². The van der Waals surface area contributed by atoms with E-state index in [9.17, 15) is 4.79 Å². The third-order valence-electron chi connectivity index (χ3n) is 2.51. The summed E-state index contributed by atoms with van der Waals surface area (Å²) in [5, 5.41) is 9.18. The third-order valence-corrected chi connectivity index (χ3v) is 2.92. The predicted molar refractivity (Wildman–Crippen MR) is 72.8 cm³/mol. The predicted octanol–water partition coefficient (Wildman–Crippen LogP) is 2.73. The average Bonchev–Trinajstić information content (AvgIpc) is 2.31. The van der Waals surface area contributed by atoms with Crippen molar-refractivity contribution in [3.05, 3.63) is 34.9 Å². The molecule has 0 bridgehead atoms. The summed E-state index contributed by atoms with van der Waals surface area (Å²) in [5.41, 5.74) is 1.76. The molecule has 0 saturated heterocycles.